The van der Waals surface area contributed by atoms with Gasteiger partial charge in [-0.2, -0.15) is 0 Å². The molecule has 70 valence electrons. The number of carboxylic acid groups (broad SMARTS) is 1. The van der Waals surface area contributed by atoms with Crippen LogP contribution in [0.3, 0.4) is 0 Å². The van der Waals surface area contributed by atoms with E-state index in [0.29, 0.717) is 0 Å². The van der Waals surface area contributed by atoms with Crippen LogP contribution < -0.4 is 5.73 Å². The zero-order valence-corrected chi connectivity index (χ0v) is 8.35. The van der Waals surface area contributed by atoms with Gasteiger partial charge >= 0.3 is 5.97 Å². The number of halogens is 2. The molecule has 0 bridgehead atoms. The largest absolute Gasteiger partial charge is 0.478 e. The van der Waals surface area contributed by atoms with E-state index >= 15 is 0 Å². The van der Waals surface area contributed by atoms with Crippen LogP contribution in [0.15, 0.2) is 10.5 Å². The molecule has 0 radical (unpaired) electrons. The molecule has 13 heavy (non-hydrogen) atoms. The van der Waals surface area contributed by atoms with E-state index in [2.05, 4.69) is 15.9 Å². The lowest BCUT2D eigenvalue weighted by Crippen LogP contribution is -2.04. The van der Waals surface area contributed by atoms with Crippen molar-refractivity contribution in [2.75, 3.05) is 5.73 Å². The molecule has 0 fully saturated rings. The molecule has 3 nitrogen and oxygen atoms in total. The molecule has 0 heterocycles. The summed E-state index contributed by atoms with van der Waals surface area (Å²) >= 11 is 2.99. The van der Waals surface area contributed by atoms with Crippen molar-refractivity contribution >= 4 is 27.6 Å². The number of aromatic carboxylic acids is 1. The number of nitrogens with two attached hydrogens (primary N) is 1. The van der Waals surface area contributed by atoms with E-state index in [-0.39, 0.29) is 21.3 Å². The Kier molecular flexibility index (Phi) is 2.56. The molecule has 0 aliphatic heterocycles. The molecule has 0 aliphatic carbocycles. The molecule has 0 unspecified atom stereocenters. The second-order valence-electron chi connectivity index (χ2n) is 2.57. The molecule has 0 amide bonds. The van der Waals surface area contributed by atoms with Crippen molar-refractivity contribution < 1.29 is 14.3 Å². The summed E-state index contributed by atoms with van der Waals surface area (Å²) in [5.74, 6) is -1.72. The molecule has 3 N–H and O–H groups in total. The number of hydrogen-bond donors (Lipinski definition) is 2. The van der Waals surface area contributed by atoms with E-state index in [1.165, 1.54) is 6.92 Å². The highest BCUT2D eigenvalue weighted by atomic mass is 79.9. The third-order valence-electron chi connectivity index (χ3n) is 1.68. The lowest BCUT2D eigenvalue weighted by Gasteiger charge is -2.06. The average molecular weight is 248 g/mol. The summed E-state index contributed by atoms with van der Waals surface area (Å²) in [6.07, 6.45) is 0. The highest BCUT2D eigenvalue weighted by Crippen LogP contribution is 2.27. The highest BCUT2D eigenvalue weighted by molar-refractivity contribution is 9.10. The number of carboxylic acids is 1. The Labute approximate surface area is 82.5 Å². The standard InChI is InChI=1S/C8H7BrFNO2/c1-3-6(9)4(8(12)13)2-5(11)7(3)10/h2H,11H2,1H3,(H,12,13). The number of hydrogen-bond acceptors (Lipinski definition) is 2. The van der Waals surface area contributed by atoms with Crippen LogP contribution in [0.4, 0.5) is 10.1 Å². The van der Waals surface area contributed by atoms with Gasteiger partial charge in [-0.25, -0.2) is 9.18 Å². The maximum atomic E-state index is 13.1. The SMILES string of the molecule is Cc1c(F)c(N)cc(C(=O)O)c1Br. The maximum Gasteiger partial charge on any atom is 0.336 e. The van der Waals surface area contributed by atoms with E-state index in [9.17, 15) is 9.18 Å². The predicted octanol–water partition coefficient (Wildman–Crippen LogP) is 2.18. The fraction of sp³-hybridized carbons (Fsp3) is 0.125. The van der Waals surface area contributed by atoms with E-state index in [1.54, 1.807) is 0 Å². The monoisotopic (exact) mass is 247 g/mol. The predicted molar refractivity (Wildman–Crippen MR) is 50.2 cm³/mol. The third kappa shape index (κ3) is 1.65. The maximum absolute atomic E-state index is 13.1. The summed E-state index contributed by atoms with van der Waals surface area (Å²) in [5.41, 5.74) is 5.29. The van der Waals surface area contributed by atoms with Gasteiger partial charge in [0.25, 0.3) is 0 Å². The Morgan fingerprint density at radius 3 is 2.69 bits per heavy atom. The fourth-order valence-electron chi connectivity index (χ4n) is 0.953. The van der Waals surface area contributed by atoms with Gasteiger partial charge in [-0.15, -0.1) is 0 Å². The molecule has 1 aromatic rings. The number of nitrogen functional groups attached to an aromatic ring is 1. The highest BCUT2D eigenvalue weighted by Gasteiger charge is 2.15. The van der Waals surface area contributed by atoms with E-state index in [4.69, 9.17) is 10.8 Å². The quantitative estimate of drug-likeness (QED) is 0.748. The topological polar surface area (TPSA) is 63.3 Å². The van der Waals surface area contributed by atoms with Gasteiger partial charge in [0.1, 0.15) is 5.82 Å². The van der Waals surface area contributed by atoms with Crippen LogP contribution >= 0.6 is 15.9 Å². The Morgan fingerprint density at radius 1 is 1.69 bits per heavy atom. The van der Waals surface area contributed by atoms with E-state index < -0.39 is 11.8 Å². The minimum absolute atomic E-state index is 0.0311. The van der Waals surface area contributed by atoms with Gasteiger partial charge in [-0.05, 0) is 28.9 Å². The minimum atomic E-state index is -1.14. The van der Waals surface area contributed by atoms with Crippen molar-refractivity contribution in [1.29, 1.82) is 0 Å². The third-order valence-corrected chi connectivity index (χ3v) is 2.70. The summed E-state index contributed by atoms with van der Waals surface area (Å²) in [4.78, 5) is 10.6. The molecule has 1 aromatic carbocycles. The Hall–Kier alpha value is -1.10. The molecule has 5 heteroatoms. The summed E-state index contributed by atoms with van der Waals surface area (Å²) in [6.45, 7) is 1.46. The zero-order valence-electron chi connectivity index (χ0n) is 6.77. The molecule has 0 spiro atoms. The first kappa shape index (κ1) is 9.98. The molecular weight excluding hydrogens is 241 g/mol. The smallest absolute Gasteiger partial charge is 0.336 e. The molecule has 0 atom stereocenters. The van der Waals surface area contributed by atoms with Crippen LogP contribution in [0.25, 0.3) is 0 Å². The Bertz CT molecular complexity index is 379. The Balaban J connectivity index is 3.50. The average Bonchev–Trinajstić information content (AvgIpc) is 2.07. The summed E-state index contributed by atoms with van der Waals surface area (Å²) < 4.78 is 13.3. The molecule has 0 aliphatic rings. The molecule has 1 rings (SSSR count). The van der Waals surface area contributed by atoms with Crippen molar-refractivity contribution in [3.05, 3.63) is 27.5 Å². The van der Waals surface area contributed by atoms with Gasteiger partial charge in [0.15, 0.2) is 0 Å². The van der Waals surface area contributed by atoms with Crippen molar-refractivity contribution in [3.63, 3.8) is 0 Å². The van der Waals surface area contributed by atoms with Gasteiger partial charge in [-0.1, -0.05) is 0 Å². The second kappa shape index (κ2) is 3.33. The van der Waals surface area contributed by atoms with Gasteiger partial charge < -0.3 is 10.8 Å². The first-order valence-corrected chi connectivity index (χ1v) is 4.21. The number of anilines is 1. The van der Waals surface area contributed by atoms with Crippen molar-refractivity contribution in [1.82, 2.24) is 0 Å². The van der Waals surface area contributed by atoms with Crippen molar-refractivity contribution in [3.8, 4) is 0 Å². The molecule has 0 saturated carbocycles. The van der Waals surface area contributed by atoms with Crippen LogP contribution in [-0.2, 0) is 0 Å². The number of rotatable bonds is 1. The molecule has 0 saturated heterocycles. The first-order valence-electron chi connectivity index (χ1n) is 3.42. The summed E-state index contributed by atoms with van der Waals surface area (Å²) in [5, 5.41) is 8.70. The van der Waals surface area contributed by atoms with Crippen molar-refractivity contribution in [2.45, 2.75) is 6.92 Å². The lowest BCUT2D eigenvalue weighted by molar-refractivity contribution is 0.0696. The summed E-state index contributed by atoms with van der Waals surface area (Å²) in [7, 11) is 0. The fourth-order valence-corrected chi connectivity index (χ4v) is 1.41. The van der Waals surface area contributed by atoms with Crippen LogP contribution in [0.2, 0.25) is 0 Å². The van der Waals surface area contributed by atoms with Crippen LogP contribution in [-0.4, -0.2) is 11.1 Å². The lowest BCUT2D eigenvalue weighted by atomic mass is 10.1. The normalized spacial score (nSPS) is 10.1. The molecule has 0 aromatic heterocycles. The van der Waals surface area contributed by atoms with Gasteiger partial charge in [-0.3, -0.25) is 0 Å². The minimum Gasteiger partial charge on any atom is -0.478 e. The van der Waals surface area contributed by atoms with Crippen LogP contribution in [0, 0.1) is 12.7 Å². The Morgan fingerprint density at radius 2 is 2.23 bits per heavy atom. The summed E-state index contributed by atoms with van der Waals surface area (Å²) in [6, 6.07) is 1.09. The first-order chi connectivity index (χ1) is 5.95. The van der Waals surface area contributed by atoms with Crippen LogP contribution in [0.5, 0.6) is 0 Å². The van der Waals surface area contributed by atoms with Gasteiger partial charge in [0.05, 0.1) is 11.3 Å². The van der Waals surface area contributed by atoms with E-state index in [1.807, 2.05) is 0 Å². The molecular formula is C8H7BrFNO2. The van der Waals surface area contributed by atoms with Gasteiger partial charge in [0, 0.05) is 10.0 Å². The van der Waals surface area contributed by atoms with Crippen LogP contribution in [0.1, 0.15) is 15.9 Å². The van der Waals surface area contributed by atoms with E-state index in [0.717, 1.165) is 6.07 Å². The van der Waals surface area contributed by atoms with Crippen molar-refractivity contribution in [2.24, 2.45) is 0 Å². The van der Waals surface area contributed by atoms with Gasteiger partial charge in [0.2, 0.25) is 0 Å². The zero-order chi connectivity index (χ0) is 10.2. The number of carbonyl (C=O) groups is 1. The second-order valence-corrected chi connectivity index (χ2v) is 3.36. The number of benzene rings is 1.